The van der Waals surface area contributed by atoms with Gasteiger partial charge in [-0.05, 0) is 0 Å². The molecule has 0 aliphatic carbocycles. The number of nitrogens with two attached hydrogens (primary N) is 1. The van der Waals surface area contributed by atoms with E-state index in [4.69, 9.17) is 5.73 Å². The Morgan fingerprint density at radius 3 is 2.88 bits per heavy atom. The van der Waals surface area contributed by atoms with Crippen LogP contribution in [0.5, 0.6) is 0 Å². The summed E-state index contributed by atoms with van der Waals surface area (Å²) < 4.78 is 2.86. The average Bonchev–Trinajstić information content (AvgIpc) is 2.83. The molecular weight excluding hydrogens is 355 g/mol. The number of carbonyl (C=O) groups excluding carboxylic acids is 1. The number of rotatable bonds is 3. The number of Topliss-reactive ketones (excluding diaryl/α,β-unsaturated/α-hetero) is 1. The predicted molar refractivity (Wildman–Crippen MR) is 61.4 cm³/mol. The molecule has 86 valence electrons. The molecule has 2 rings (SSSR count). The fourth-order valence-corrected chi connectivity index (χ4v) is 3.39. The van der Waals surface area contributed by atoms with Crippen LogP contribution in [0.25, 0.3) is 0 Å². The summed E-state index contributed by atoms with van der Waals surface area (Å²) in [4.78, 5) is 13.9. The molecule has 0 bridgehead atoms. The first-order valence-electron chi connectivity index (χ1n) is 4.48. The monoisotopic (exact) mass is 366 g/mol. The molecule has 0 amide bonds. The molecule has 0 aromatic carbocycles. The van der Waals surface area contributed by atoms with Crippen LogP contribution >= 0.6 is 11.3 Å². The molecule has 0 radical (unpaired) electrons. The quantitative estimate of drug-likeness (QED) is 0.384. The van der Waals surface area contributed by atoms with Gasteiger partial charge in [-0.15, -0.1) is 0 Å². The first kappa shape index (κ1) is 13.6. The van der Waals surface area contributed by atoms with Crippen molar-refractivity contribution in [2.75, 3.05) is 5.73 Å². The van der Waals surface area contributed by atoms with Crippen LogP contribution in [-0.4, -0.2) is 20.3 Å². The number of halogens is 1. The summed E-state index contributed by atoms with van der Waals surface area (Å²) in [6.45, 7) is 2.35. The van der Waals surface area contributed by atoms with Gasteiger partial charge in [0.15, 0.2) is 0 Å². The average molecular weight is 366 g/mol. The second-order valence-corrected chi connectivity index (χ2v) is 6.08. The van der Waals surface area contributed by atoms with Crippen LogP contribution < -0.4 is 27.3 Å². The maximum atomic E-state index is 11.8. The Morgan fingerprint density at radius 2 is 2.38 bits per heavy atom. The third-order valence-corrected chi connectivity index (χ3v) is 5.02. The third-order valence-electron chi connectivity index (χ3n) is 2.20. The number of nitrogens with zero attached hydrogens (tertiary/aromatic N) is 1. The van der Waals surface area contributed by atoms with Crippen molar-refractivity contribution in [2.45, 2.75) is 13.5 Å². The Labute approximate surface area is 114 Å². The summed E-state index contributed by atoms with van der Waals surface area (Å²) >= 11 is 1.70. The number of ketones is 1. The number of anilines is 1. The Bertz CT molecular complexity index is 481. The zero-order valence-corrected chi connectivity index (χ0v) is 12.8. The Kier molecular flexibility index (Phi) is 4.92. The van der Waals surface area contributed by atoms with Crippen LogP contribution in [0.1, 0.15) is 14.9 Å². The first-order valence-corrected chi connectivity index (χ1v) is 7.20. The van der Waals surface area contributed by atoms with E-state index < -0.39 is 0 Å². The minimum absolute atomic E-state index is 0. The van der Waals surface area contributed by atoms with Crippen molar-refractivity contribution < 1.29 is 26.3 Å². The van der Waals surface area contributed by atoms with Crippen LogP contribution in [0.4, 0.5) is 5.00 Å². The van der Waals surface area contributed by atoms with E-state index in [1.165, 1.54) is 11.3 Å². The van der Waals surface area contributed by atoms with E-state index in [9.17, 15) is 4.79 Å². The van der Waals surface area contributed by atoms with E-state index in [-0.39, 0.29) is 37.3 Å². The van der Waals surface area contributed by atoms with Gasteiger partial charge in [0.2, 0.25) is 0 Å². The van der Waals surface area contributed by atoms with Gasteiger partial charge in [-0.1, -0.05) is 0 Å². The van der Waals surface area contributed by atoms with Crippen molar-refractivity contribution in [1.29, 1.82) is 0 Å². The van der Waals surface area contributed by atoms with Gasteiger partial charge in [-0.25, -0.2) is 0 Å². The van der Waals surface area contributed by atoms with Crippen molar-refractivity contribution in [1.82, 2.24) is 0 Å². The van der Waals surface area contributed by atoms with Gasteiger partial charge in [0, 0.05) is 0 Å². The zero-order chi connectivity index (χ0) is 10.8. The van der Waals surface area contributed by atoms with Crippen molar-refractivity contribution in [3.05, 3.63) is 32.7 Å². The molecule has 6 heteroatoms. The number of nitrogen functional groups attached to an aromatic ring is 1. The third kappa shape index (κ3) is 2.83. The topological polar surface area (TPSA) is 47.0 Å². The summed E-state index contributed by atoms with van der Waals surface area (Å²) in [5, 5.41) is 0.784. The second kappa shape index (κ2) is 5.77. The van der Waals surface area contributed by atoms with Gasteiger partial charge < -0.3 is 17.0 Å². The molecule has 0 aliphatic heterocycles. The molecule has 2 N–H and O–H groups in total. The number of aromatic nitrogens is 1. The maximum Gasteiger partial charge on any atom is -1.00 e. The minimum atomic E-state index is 0. The van der Waals surface area contributed by atoms with E-state index in [0.29, 0.717) is 6.54 Å². The van der Waals surface area contributed by atoms with Gasteiger partial charge in [0.1, 0.15) is 0 Å². The molecular formula is C10H11BrN2OSSe. The van der Waals surface area contributed by atoms with E-state index >= 15 is 0 Å². The van der Waals surface area contributed by atoms with Crippen LogP contribution in [0, 0.1) is 6.92 Å². The molecule has 2 aromatic heterocycles. The van der Waals surface area contributed by atoms with Gasteiger partial charge in [0.25, 0.3) is 0 Å². The van der Waals surface area contributed by atoms with Crippen molar-refractivity contribution in [3.63, 3.8) is 0 Å². The molecule has 16 heavy (non-hydrogen) atoms. The van der Waals surface area contributed by atoms with E-state index in [1.807, 2.05) is 29.1 Å². The molecule has 0 aliphatic rings. The summed E-state index contributed by atoms with van der Waals surface area (Å²) in [6, 6.07) is 3.86. The predicted octanol–water partition coefficient (Wildman–Crippen LogP) is -2.13. The standard InChI is InChI=1S/C10H11N2OSSe.BrH/c1-7-10(11)14-6-12(7)5-8(13)9-3-2-4-15-9;/h2-4,6H,5,11H2,1H3;1H/q+1;/p-1. The van der Waals surface area contributed by atoms with E-state index in [2.05, 4.69) is 4.94 Å². The van der Waals surface area contributed by atoms with Gasteiger partial charge in [-0.3, -0.25) is 0 Å². The minimum Gasteiger partial charge on any atom is -1.00 e. The number of carbonyl (C=O) groups is 1. The van der Waals surface area contributed by atoms with Crippen molar-refractivity contribution in [3.8, 4) is 0 Å². The van der Waals surface area contributed by atoms with Gasteiger partial charge in [0.05, 0.1) is 0 Å². The molecule has 3 nitrogen and oxygen atoms in total. The molecule has 2 heterocycles. The molecule has 0 fully saturated rings. The normalized spacial score (nSPS) is 9.81. The molecule has 0 spiro atoms. The van der Waals surface area contributed by atoms with Crippen molar-refractivity contribution >= 4 is 36.6 Å². The summed E-state index contributed by atoms with van der Waals surface area (Å²) in [5.41, 5.74) is 8.61. The number of hydrogen-bond donors (Lipinski definition) is 1. The maximum absolute atomic E-state index is 11.8. The summed E-state index contributed by atoms with van der Waals surface area (Å²) in [5.74, 6) is 0.200. The fourth-order valence-electron chi connectivity index (χ4n) is 1.25. The van der Waals surface area contributed by atoms with E-state index in [0.717, 1.165) is 15.1 Å². The largest absolute Gasteiger partial charge is 1.00 e. The second-order valence-electron chi connectivity index (χ2n) is 3.20. The zero-order valence-electron chi connectivity index (χ0n) is 8.64. The van der Waals surface area contributed by atoms with Crippen molar-refractivity contribution in [2.24, 2.45) is 0 Å². The molecule has 0 saturated heterocycles. The summed E-state index contributed by atoms with van der Waals surface area (Å²) in [6.07, 6.45) is 0. The van der Waals surface area contributed by atoms with Gasteiger partial charge >= 0.3 is 97.9 Å². The molecule has 2 aromatic rings. The molecule has 0 saturated carbocycles. The number of thiazole rings is 1. The summed E-state index contributed by atoms with van der Waals surface area (Å²) in [7, 11) is 0. The fraction of sp³-hybridized carbons (Fsp3) is 0.200. The first-order chi connectivity index (χ1) is 7.18. The van der Waals surface area contributed by atoms with Crippen LogP contribution in [0.15, 0.2) is 22.6 Å². The van der Waals surface area contributed by atoms with Crippen LogP contribution in [0.2, 0.25) is 0 Å². The van der Waals surface area contributed by atoms with Crippen LogP contribution in [-0.2, 0) is 6.54 Å². The molecule has 0 unspecified atom stereocenters. The van der Waals surface area contributed by atoms with E-state index in [1.54, 1.807) is 0 Å². The Hall–Kier alpha value is -0.421. The Balaban J connectivity index is 0.00000128. The van der Waals surface area contributed by atoms with Gasteiger partial charge in [-0.2, -0.15) is 0 Å². The Morgan fingerprint density at radius 1 is 1.62 bits per heavy atom. The SMILES string of the molecule is Cc1c(N)sc[n+]1CC(=O)c1ccc[se]1.[Br-]. The number of hydrogen-bond acceptors (Lipinski definition) is 3. The molecule has 0 atom stereocenters. The van der Waals surface area contributed by atoms with Crippen LogP contribution in [0.3, 0.4) is 0 Å². The smallest absolute Gasteiger partial charge is 1.00 e.